The van der Waals surface area contributed by atoms with Gasteiger partial charge in [0.25, 0.3) is 0 Å². The van der Waals surface area contributed by atoms with Crippen molar-refractivity contribution in [2.45, 2.75) is 19.3 Å². The van der Waals surface area contributed by atoms with E-state index in [0.717, 1.165) is 118 Å². The SMILES string of the molecule is CC1(C)c2cc(N(c3ccc(-c4ccccc4)cc3)c3ccccc3-c3ccccc3)ccc2-c2c(-c3ccc(-c4cccc5c4oc4ccccc45)cc3)ccc(-c3cc(F)c(F)c(F)c3)c21. The van der Waals surface area contributed by atoms with Crippen LogP contribution in [-0.4, -0.2) is 0 Å². The molecule has 1 aromatic heterocycles. The van der Waals surface area contributed by atoms with Crippen LogP contribution in [-0.2, 0) is 5.41 Å². The van der Waals surface area contributed by atoms with Gasteiger partial charge in [-0.05, 0) is 115 Å². The van der Waals surface area contributed by atoms with Crippen LogP contribution in [0.1, 0.15) is 25.0 Å². The van der Waals surface area contributed by atoms with Crippen molar-refractivity contribution in [1.29, 1.82) is 0 Å². The molecular formula is C63H42F3NO. The summed E-state index contributed by atoms with van der Waals surface area (Å²) in [5.41, 5.74) is 17.2. The van der Waals surface area contributed by atoms with E-state index in [0.29, 0.717) is 5.56 Å². The van der Waals surface area contributed by atoms with Gasteiger partial charge in [-0.1, -0.05) is 184 Å². The maximum atomic E-state index is 15.1. The highest BCUT2D eigenvalue weighted by Gasteiger charge is 2.40. The Hall–Kier alpha value is -8.41. The molecule has 0 bridgehead atoms. The van der Waals surface area contributed by atoms with Crippen molar-refractivity contribution in [3.63, 3.8) is 0 Å². The summed E-state index contributed by atoms with van der Waals surface area (Å²) in [7, 11) is 0. The molecule has 0 saturated heterocycles. The number of rotatable bonds is 8. The number of fused-ring (bicyclic) bond motifs is 6. The molecule has 0 aliphatic heterocycles. The lowest BCUT2D eigenvalue weighted by Gasteiger charge is -2.30. The molecule has 1 aliphatic carbocycles. The van der Waals surface area contributed by atoms with Gasteiger partial charge in [-0.3, -0.25) is 0 Å². The number of anilines is 3. The van der Waals surface area contributed by atoms with Gasteiger partial charge in [0.05, 0.1) is 5.69 Å². The molecule has 12 rings (SSSR count). The fraction of sp³-hybridized carbons (Fsp3) is 0.0476. The van der Waals surface area contributed by atoms with Crippen LogP contribution in [0.2, 0.25) is 0 Å². The Kier molecular flexibility index (Phi) is 9.77. The lowest BCUT2D eigenvalue weighted by molar-refractivity contribution is 0.447. The third-order valence-corrected chi connectivity index (χ3v) is 13.7. The zero-order chi connectivity index (χ0) is 46.1. The number of hydrogen-bond donors (Lipinski definition) is 0. The Morgan fingerprint density at radius 2 is 0.926 bits per heavy atom. The first kappa shape index (κ1) is 41.1. The van der Waals surface area contributed by atoms with E-state index >= 15 is 8.78 Å². The van der Waals surface area contributed by atoms with Crippen LogP contribution in [0.25, 0.3) is 88.7 Å². The van der Waals surface area contributed by atoms with Crippen molar-refractivity contribution in [3.8, 4) is 66.8 Å². The summed E-state index contributed by atoms with van der Waals surface area (Å²) < 4.78 is 51.2. The van der Waals surface area contributed by atoms with Crippen molar-refractivity contribution in [3.05, 3.63) is 247 Å². The minimum atomic E-state index is -1.49. The molecule has 0 radical (unpaired) electrons. The standard InChI is InChI=1S/C63H42F3NO/c1-63(2)54-38-46(67(45-30-28-40(29-31-45)39-14-5-3-6-15-39)57-22-11-9-18-47(57)41-16-7-4-8-17-41)32-33-53(54)59-48(34-35-49(60(59)63)44-36-55(64)61(66)56(65)37-44)42-24-26-43(27-25-42)50-20-13-21-52-51-19-10-12-23-58(51)68-62(50)52/h3-38H,1-2H3. The van der Waals surface area contributed by atoms with Crippen molar-refractivity contribution in [2.75, 3.05) is 4.90 Å². The Morgan fingerprint density at radius 1 is 0.397 bits per heavy atom. The highest BCUT2D eigenvalue weighted by Crippen LogP contribution is 2.57. The predicted molar refractivity (Wildman–Crippen MR) is 273 cm³/mol. The van der Waals surface area contributed by atoms with E-state index in [-0.39, 0.29) is 5.56 Å². The Labute approximate surface area is 392 Å². The molecule has 5 heteroatoms. The van der Waals surface area contributed by atoms with E-state index in [1.54, 1.807) is 0 Å². The topological polar surface area (TPSA) is 16.4 Å². The summed E-state index contributed by atoms with van der Waals surface area (Å²) in [6, 6.07) is 73.5. The van der Waals surface area contributed by atoms with E-state index in [1.165, 1.54) is 0 Å². The molecule has 0 amide bonds. The molecule has 0 unspecified atom stereocenters. The van der Waals surface area contributed by atoms with E-state index < -0.39 is 22.9 Å². The molecule has 0 fully saturated rings. The van der Waals surface area contributed by atoms with Gasteiger partial charge in [0.1, 0.15) is 11.2 Å². The number of nitrogens with zero attached hydrogens (tertiary/aromatic N) is 1. The van der Waals surface area contributed by atoms with Crippen LogP contribution in [0.3, 0.4) is 0 Å². The highest BCUT2D eigenvalue weighted by atomic mass is 19.2. The first-order valence-electron chi connectivity index (χ1n) is 22.8. The zero-order valence-electron chi connectivity index (χ0n) is 37.3. The molecule has 1 aliphatic rings. The van der Waals surface area contributed by atoms with Crippen molar-refractivity contribution in [1.82, 2.24) is 0 Å². The molecule has 68 heavy (non-hydrogen) atoms. The van der Waals surface area contributed by atoms with Crippen molar-refractivity contribution < 1.29 is 17.6 Å². The molecule has 2 nitrogen and oxygen atoms in total. The predicted octanol–water partition coefficient (Wildman–Crippen LogP) is 18.1. The summed E-state index contributed by atoms with van der Waals surface area (Å²) in [5.74, 6) is -3.94. The van der Waals surface area contributed by atoms with Gasteiger partial charge >= 0.3 is 0 Å². The molecule has 11 aromatic rings. The van der Waals surface area contributed by atoms with Gasteiger partial charge in [0.2, 0.25) is 0 Å². The summed E-state index contributed by atoms with van der Waals surface area (Å²) in [5, 5.41) is 2.14. The highest BCUT2D eigenvalue weighted by molar-refractivity contribution is 6.09. The lowest BCUT2D eigenvalue weighted by Crippen LogP contribution is -2.18. The molecule has 326 valence electrons. The van der Waals surface area contributed by atoms with Crippen LogP contribution < -0.4 is 4.90 Å². The zero-order valence-corrected chi connectivity index (χ0v) is 37.3. The van der Waals surface area contributed by atoms with Crippen LogP contribution in [0, 0.1) is 17.5 Å². The molecule has 0 spiro atoms. The second kappa shape index (κ2) is 16.2. The quantitative estimate of drug-likeness (QED) is 0.141. The van der Waals surface area contributed by atoms with Crippen molar-refractivity contribution in [2.24, 2.45) is 0 Å². The van der Waals surface area contributed by atoms with Crippen LogP contribution in [0.5, 0.6) is 0 Å². The number of halogens is 3. The normalized spacial score (nSPS) is 12.6. The molecule has 0 N–H and O–H groups in total. The lowest BCUT2D eigenvalue weighted by atomic mass is 9.77. The van der Waals surface area contributed by atoms with Crippen molar-refractivity contribution >= 4 is 39.0 Å². The minimum absolute atomic E-state index is 0.275. The molecular weight excluding hydrogens is 844 g/mol. The molecule has 0 saturated carbocycles. The summed E-state index contributed by atoms with van der Waals surface area (Å²) in [6.45, 7) is 4.33. The number of furan rings is 1. The average molecular weight is 886 g/mol. The first-order valence-corrected chi connectivity index (χ1v) is 22.8. The molecule has 1 heterocycles. The minimum Gasteiger partial charge on any atom is -0.455 e. The van der Waals surface area contributed by atoms with E-state index in [4.69, 9.17) is 4.42 Å². The molecule has 0 atom stereocenters. The fourth-order valence-electron chi connectivity index (χ4n) is 10.5. The van der Waals surface area contributed by atoms with E-state index in [9.17, 15) is 4.39 Å². The third-order valence-electron chi connectivity index (χ3n) is 13.7. The van der Waals surface area contributed by atoms with Crippen LogP contribution in [0.15, 0.2) is 223 Å². The first-order chi connectivity index (χ1) is 33.2. The summed E-state index contributed by atoms with van der Waals surface area (Å²) >= 11 is 0. The fourth-order valence-corrected chi connectivity index (χ4v) is 10.5. The van der Waals surface area contributed by atoms with Gasteiger partial charge in [-0.2, -0.15) is 0 Å². The van der Waals surface area contributed by atoms with Gasteiger partial charge in [0, 0.05) is 38.7 Å². The van der Waals surface area contributed by atoms with Gasteiger partial charge in [-0.25, -0.2) is 13.2 Å². The smallest absolute Gasteiger partial charge is 0.194 e. The number of benzene rings is 10. The maximum Gasteiger partial charge on any atom is 0.194 e. The number of para-hydroxylation sites is 3. The summed E-state index contributed by atoms with van der Waals surface area (Å²) in [6.07, 6.45) is 0. The second-order valence-corrected chi connectivity index (χ2v) is 18.0. The maximum absolute atomic E-state index is 15.1. The Bertz CT molecular complexity index is 3700. The Morgan fingerprint density at radius 3 is 1.66 bits per heavy atom. The summed E-state index contributed by atoms with van der Waals surface area (Å²) in [4.78, 5) is 2.31. The largest absolute Gasteiger partial charge is 0.455 e. The van der Waals surface area contributed by atoms with Gasteiger partial charge < -0.3 is 9.32 Å². The van der Waals surface area contributed by atoms with Crippen LogP contribution in [0.4, 0.5) is 30.2 Å². The molecule has 10 aromatic carbocycles. The number of hydrogen-bond acceptors (Lipinski definition) is 2. The average Bonchev–Trinajstić information content (AvgIpc) is 3.88. The Balaban J connectivity index is 1.03. The second-order valence-electron chi connectivity index (χ2n) is 18.0. The van der Waals surface area contributed by atoms with Gasteiger partial charge in [-0.15, -0.1) is 0 Å². The monoisotopic (exact) mass is 885 g/mol. The van der Waals surface area contributed by atoms with E-state index in [2.05, 4.69) is 183 Å². The van der Waals surface area contributed by atoms with Crippen LogP contribution >= 0.6 is 0 Å². The van der Waals surface area contributed by atoms with E-state index in [1.807, 2.05) is 42.5 Å². The van der Waals surface area contributed by atoms with Gasteiger partial charge in [0.15, 0.2) is 17.5 Å². The third kappa shape index (κ3) is 6.73.